The normalized spacial score (nSPS) is 24.8. The van der Waals surface area contributed by atoms with Crippen LogP contribution in [0.3, 0.4) is 0 Å². The number of nitrogens with zero attached hydrogens (tertiary/aromatic N) is 3. The van der Waals surface area contributed by atoms with E-state index in [1.165, 1.54) is 32.1 Å². The van der Waals surface area contributed by atoms with E-state index in [4.69, 9.17) is 10.7 Å². The van der Waals surface area contributed by atoms with Crippen molar-refractivity contribution >= 4 is 6.03 Å². The average Bonchev–Trinajstić information content (AvgIpc) is 2.98. The minimum Gasteiger partial charge on any atom is -0.351 e. The molecule has 6 nitrogen and oxygen atoms in total. The molecule has 110 valence electrons. The highest BCUT2D eigenvalue weighted by Crippen LogP contribution is 2.32. The third-order valence-corrected chi connectivity index (χ3v) is 4.61. The minimum atomic E-state index is -0.335. The number of aromatic nitrogens is 3. The highest BCUT2D eigenvalue weighted by Gasteiger charge is 2.27. The summed E-state index contributed by atoms with van der Waals surface area (Å²) in [6.07, 6.45) is 8.36. The number of carbonyl (C=O) groups excluding carboxylic acids is 1. The van der Waals surface area contributed by atoms with Gasteiger partial charge in [0.1, 0.15) is 5.82 Å². The number of nitrogens with two attached hydrogens (primary N) is 1. The van der Waals surface area contributed by atoms with Crippen LogP contribution in [0.4, 0.5) is 4.79 Å². The monoisotopic (exact) mass is 277 g/mol. The Labute approximate surface area is 119 Å². The molecule has 1 aromatic rings. The van der Waals surface area contributed by atoms with E-state index < -0.39 is 0 Å². The van der Waals surface area contributed by atoms with Gasteiger partial charge in [-0.05, 0) is 25.7 Å². The zero-order chi connectivity index (χ0) is 13.9. The fourth-order valence-electron chi connectivity index (χ4n) is 3.42. The SMILES string of the molecule is NC(=O)N1CCC[C@@H](c2n[nH]c(C3CCCCC3)n2)C1. The first-order valence-electron chi connectivity index (χ1n) is 7.70. The number of amides is 2. The Kier molecular flexibility index (Phi) is 3.89. The maximum atomic E-state index is 11.3. The van der Waals surface area contributed by atoms with Crippen LogP contribution in [-0.4, -0.2) is 39.2 Å². The standard InChI is InChI=1S/C14H23N5O/c15-14(20)19-8-4-7-11(9-19)13-16-12(17-18-13)10-5-2-1-3-6-10/h10-11H,1-9H2,(H2,15,20)(H,16,17,18)/t11-/m1/s1. The molecule has 2 aliphatic rings. The van der Waals surface area contributed by atoms with Crippen molar-refractivity contribution in [3.8, 4) is 0 Å². The molecule has 0 unspecified atom stereocenters. The maximum absolute atomic E-state index is 11.3. The summed E-state index contributed by atoms with van der Waals surface area (Å²) in [4.78, 5) is 17.7. The van der Waals surface area contributed by atoms with Gasteiger partial charge in [-0.3, -0.25) is 5.10 Å². The Morgan fingerprint density at radius 1 is 1.15 bits per heavy atom. The predicted molar refractivity (Wildman–Crippen MR) is 75.3 cm³/mol. The van der Waals surface area contributed by atoms with Gasteiger partial charge in [-0.2, -0.15) is 5.10 Å². The number of likely N-dealkylation sites (tertiary alicyclic amines) is 1. The van der Waals surface area contributed by atoms with Gasteiger partial charge in [-0.25, -0.2) is 9.78 Å². The number of primary amides is 1. The number of rotatable bonds is 2. The van der Waals surface area contributed by atoms with Gasteiger partial charge in [0.05, 0.1) is 0 Å². The molecule has 0 bridgehead atoms. The topological polar surface area (TPSA) is 87.9 Å². The molecule has 0 aromatic carbocycles. The molecule has 3 N–H and O–H groups in total. The summed E-state index contributed by atoms with van der Waals surface area (Å²) >= 11 is 0. The number of aromatic amines is 1. The second-order valence-corrected chi connectivity index (χ2v) is 6.04. The fourth-order valence-corrected chi connectivity index (χ4v) is 3.42. The Bertz CT molecular complexity index is 466. The number of carbonyl (C=O) groups is 1. The lowest BCUT2D eigenvalue weighted by atomic mass is 9.89. The van der Waals surface area contributed by atoms with Gasteiger partial charge < -0.3 is 10.6 Å². The van der Waals surface area contributed by atoms with Crippen LogP contribution in [0.5, 0.6) is 0 Å². The molecule has 2 heterocycles. The van der Waals surface area contributed by atoms with Gasteiger partial charge in [0.2, 0.25) is 0 Å². The van der Waals surface area contributed by atoms with Crippen molar-refractivity contribution in [2.24, 2.45) is 5.73 Å². The molecule has 6 heteroatoms. The number of piperidine rings is 1. The summed E-state index contributed by atoms with van der Waals surface area (Å²) in [6, 6.07) is -0.335. The number of urea groups is 1. The molecule has 20 heavy (non-hydrogen) atoms. The third kappa shape index (κ3) is 2.78. The van der Waals surface area contributed by atoms with E-state index in [1.54, 1.807) is 4.90 Å². The van der Waals surface area contributed by atoms with Crippen molar-refractivity contribution in [3.63, 3.8) is 0 Å². The maximum Gasteiger partial charge on any atom is 0.314 e. The number of hydrogen-bond donors (Lipinski definition) is 2. The Morgan fingerprint density at radius 2 is 1.90 bits per heavy atom. The van der Waals surface area contributed by atoms with Crippen molar-refractivity contribution in [1.29, 1.82) is 0 Å². The first-order valence-corrected chi connectivity index (χ1v) is 7.70. The van der Waals surface area contributed by atoms with Gasteiger partial charge in [-0.15, -0.1) is 0 Å². The van der Waals surface area contributed by atoms with Crippen LogP contribution >= 0.6 is 0 Å². The van der Waals surface area contributed by atoms with Crippen molar-refractivity contribution < 1.29 is 4.79 Å². The van der Waals surface area contributed by atoms with Gasteiger partial charge in [0.25, 0.3) is 0 Å². The summed E-state index contributed by atoms with van der Waals surface area (Å²) < 4.78 is 0. The number of H-pyrrole nitrogens is 1. The molecule has 1 atom stereocenters. The molecule has 1 saturated heterocycles. The van der Waals surface area contributed by atoms with E-state index in [0.29, 0.717) is 12.5 Å². The summed E-state index contributed by atoms with van der Waals surface area (Å²) in [5, 5.41) is 7.51. The van der Waals surface area contributed by atoms with Gasteiger partial charge in [-0.1, -0.05) is 19.3 Å². The van der Waals surface area contributed by atoms with E-state index in [1.807, 2.05) is 0 Å². The van der Waals surface area contributed by atoms with Gasteiger partial charge in [0.15, 0.2) is 5.82 Å². The van der Waals surface area contributed by atoms with Gasteiger partial charge >= 0.3 is 6.03 Å². The van der Waals surface area contributed by atoms with Crippen molar-refractivity contribution in [2.45, 2.75) is 56.8 Å². The number of nitrogens with one attached hydrogen (secondary N) is 1. The average molecular weight is 277 g/mol. The van der Waals surface area contributed by atoms with Crippen molar-refractivity contribution in [2.75, 3.05) is 13.1 Å². The fraction of sp³-hybridized carbons (Fsp3) is 0.786. The van der Waals surface area contributed by atoms with Crippen LogP contribution in [0.25, 0.3) is 0 Å². The second kappa shape index (κ2) is 5.81. The first kappa shape index (κ1) is 13.4. The van der Waals surface area contributed by atoms with E-state index in [2.05, 4.69) is 10.2 Å². The lowest BCUT2D eigenvalue weighted by Crippen LogP contribution is -2.42. The zero-order valence-electron chi connectivity index (χ0n) is 11.8. The van der Waals surface area contributed by atoms with E-state index in [-0.39, 0.29) is 11.9 Å². The van der Waals surface area contributed by atoms with Crippen LogP contribution < -0.4 is 5.73 Å². The molecule has 1 aromatic heterocycles. The first-order chi connectivity index (χ1) is 9.74. The van der Waals surface area contributed by atoms with Gasteiger partial charge in [0, 0.05) is 24.9 Å². The van der Waals surface area contributed by atoms with Crippen LogP contribution in [0.1, 0.15) is 68.4 Å². The summed E-state index contributed by atoms with van der Waals surface area (Å²) in [5.41, 5.74) is 5.37. The molecule has 1 saturated carbocycles. The molecular weight excluding hydrogens is 254 g/mol. The molecule has 0 spiro atoms. The third-order valence-electron chi connectivity index (χ3n) is 4.61. The lowest BCUT2D eigenvalue weighted by Gasteiger charge is -2.29. The van der Waals surface area contributed by atoms with Crippen LogP contribution in [-0.2, 0) is 0 Å². The Hall–Kier alpha value is -1.59. The molecule has 3 rings (SSSR count). The smallest absolute Gasteiger partial charge is 0.314 e. The molecule has 2 fully saturated rings. The largest absolute Gasteiger partial charge is 0.351 e. The summed E-state index contributed by atoms with van der Waals surface area (Å²) in [6.45, 7) is 1.41. The molecule has 2 amide bonds. The van der Waals surface area contributed by atoms with Crippen molar-refractivity contribution in [1.82, 2.24) is 20.1 Å². The number of hydrogen-bond acceptors (Lipinski definition) is 3. The van der Waals surface area contributed by atoms with E-state index >= 15 is 0 Å². The second-order valence-electron chi connectivity index (χ2n) is 6.04. The van der Waals surface area contributed by atoms with Crippen LogP contribution in [0.2, 0.25) is 0 Å². The Morgan fingerprint density at radius 3 is 2.65 bits per heavy atom. The summed E-state index contributed by atoms with van der Waals surface area (Å²) in [7, 11) is 0. The highest BCUT2D eigenvalue weighted by molar-refractivity contribution is 5.72. The van der Waals surface area contributed by atoms with E-state index in [9.17, 15) is 4.79 Å². The predicted octanol–water partition coefficient (Wildman–Crippen LogP) is 2.11. The molecule has 1 aliphatic carbocycles. The molecular formula is C14H23N5O. The van der Waals surface area contributed by atoms with Crippen molar-refractivity contribution in [3.05, 3.63) is 11.6 Å². The molecule has 1 aliphatic heterocycles. The molecule has 0 radical (unpaired) electrons. The summed E-state index contributed by atoms with van der Waals surface area (Å²) in [5.74, 6) is 2.66. The van der Waals surface area contributed by atoms with E-state index in [0.717, 1.165) is 31.0 Å². The zero-order valence-corrected chi connectivity index (χ0v) is 11.8. The lowest BCUT2D eigenvalue weighted by molar-refractivity contribution is 0.187. The minimum absolute atomic E-state index is 0.227. The quantitative estimate of drug-likeness (QED) is 0.867. The highest BCUT2D eigenvalue weighted by atomic mass is 16.2. The van der Waals surface area contributed by atoms with Crippen LogP contribution in [0.15, 0.2) is 0 Å². The van der Waals surface area contributed by atoms with Crippen LogP contribution in [0, 0.1) is 0 Å². The Balaban J connectivity index is 1.68.